The molecule has 0 bridgehead atoms. The maximum absolute atomic E-state index is 10.00. The number of nitrogens with zero attached hydrogens (tertiary/aromatic N) is 1. The highest BCUT2D eigenvalue weighted by Gasteiger charge is 2.09. The average Bonchev–Trinajstić information content (AvgIpc) is 2.90. The summed E-state index contributed by atoms with van der Waals surface area (Å²) in [4.78, 5) is 4.23. The van der Waals surface area contributed by atoms with E-state index >= 15 is 0 Å². The van der Waals surface area contributed by atoms with E-state index in [2.05, 4.69) is 34.6 Å². The van der Waals surface area contributed by atoms with E-state index in [1.165, 1.54) is 5.56 Å². The van der Waals surface area contributed by atoms with Crippen LogP contribution in [-0.2, 0) is 26.7 Å². The fourth-order valence-corrected chi connectivity index (χ4v) is 3.31. The third kappa shape index (κ3) is 10.9. The van der Waals surface area contributed by atoms with Crippen molar-refractivity contribution in [2.24, 2.45) is 0 Å². The predicted molar refractivity (Wildman–Crippen MR) is 88.8 cm³/mol. The normalized spacial score (nSPS) is 11.6. The Labute approximate surface area is 139 Å². The van der Waals surface area contributed by atoms with E-state index < -0.39 is 31.7 Å². The second-order valence-corrected chi connectivity index (χ2v) is 8.43. The van der Waals surface area contributed by atoms with Gasteiger partial charge in [-0.15, -0.1) is 11.3 Å². The number of thiazole rings is 1. The molecule has 23 heavy (non-hydrogen) atoms. The van der Waals surface area contributed by atoms with Gasteiger partial charge in [0.1, 0.15) is 0 Å². The number of aromatic nitrogens is 1. The minimum absolute atomic E-state index is 0.308. The van der Waals surface area contributed by atoms with Crippen molar-refractivity contribution in [3.8, 4) is 0 Å². The summed E-state index contributed by atoms with van der Waals surface area (Å²) in [5.74, 6) is -1.32. The van der Waals surface area contributed by atoms with Crippen LogP contribution in [0.15, 0.2) is 41.2 Å². The molecule has 0 spiro atoms. The van der Waals surface area contributed by atoms with E-state index in [1.54, 1.807) is 11.3 Å². The van der Waals surface area contributed by atoms with Crippen molar-refractivity contribution in [3.05, 3.63) is 52.5 Å². The summed E-state index contributed by atoms with van der Waals surface area (Å²) in [6.07, 6.45) is 0.641. The standard InChI is InChI=1S/C10H9NS.C3H8O6S2/c1-2-4-9(5-3-1)6-10-7-12-8-11-10;4-10(5,6)2-1-3-11(7,8)9/h1-5,7-8H,6H2;1-3H2,(H,4,5,6)(H,7,8,9). The Morgan fingerprint density at radius 3 is 1.96 bits per heavy atom. The highest BCUT2D eigenvalue weighted by molar-refractivity contribution is 7.86. The third-order valence-corrected chi connectivity index (χ3v) is 4.76. The zero-order chi connectivity index (χ0) is 17.3. The van der Waals surface area contributed by atoms with Gasteiger partial charge >= 0.3 is 0 Å². The van der Waals surface area contributed by atoms with Gasteiger partial charge in [0.2, 0.25) is 0 Å². The first kappa shape index (κ1) is 19.7. The maximum atomic E-state index is 10.00. The summed E-state index contributed by atoms with van der Waals surface area (Å²) in [7, 11) is -8.24. The van der Waals surface area contributed by atoms with Crippen molar-refractivity contribution >= 4 is 31.6 Å². The summed E-state index contributed by atoms with van der Waals surface area (Å²) in [6, 6.07) is 10.4. The Morgan fingerprint density at radius 1 is 0.957 bits per heavy atom. The van der Waals surface area contributed by atoms with Crippen LogP contribution in [0, 0.1) is 0 Å². The molecule has 0 unspecified atom stereocenters. The topological polar surface area (TPSA) is 122 Å². The van der Waals surface area contributed by atoms with Gasteiger partial charge < -0.3 is 0 Å². The van der Waals surface area contributed by atoms with Gasteiger partial charge in [0.25, 0.3) is 20.2 Å². The van der Waals surface area contributed by atoms with Crippen LogP contribution in [0.3, 0.4) is 0 Å². The second kappa shape index (κ2) is 9.08. The Kier molecular flexibility index (Phi) is 7.79. The van der Waals surface area contributed by atoms with Gasteiger partial charge in [-0.05, 0) is 12.0 Å². The molecule has 128 valence electrons. The quantitative estimate of drug-likeness (QED) is 0.735. The molecule has 0 fully saturated rings. The van der Waals surface area contributed by atoms with Crippen molar-refractivity contribution in [2.75, 3.05) is 11.5 Å². The molecular formula is C13H17NO6S3. The molecule has 0 aliphatic carbocycles. The van der Waals surface area contributed by atoms with Crippen molar-refractivity contribution in [1.82, 2.24) is 4.98 Å². The van der Waals surface area contributed by atoms with Gasteiger partial charge in [-0.25, -0.2) is 4.98 Å². The van der Waals surface area contributed by atoms with Crippen LogP contribution in [0.4, 0.5) is 0 Å². The van der Waals surface area contributed by atoms with E-state index in [0.717, 1.165) is 12.1 Å². The Hall–Kier alpha value is -1.33. The zero-order valence-electron chi connectivity index (χ0n) is 12.1. The molecule has 0 radical (unpaired) electrons. The lowest BCUT2D eigenvalue weighted by Crippen LogP contribution is -2.10. The Bertz CT molecular complexity index is 738. The van der Waals surface area contributed by atoms with Crippen LogP contribution in [0.2, 0.25) is 0 Å². The molecule has 1 aromatic carbocycles. The third-order valence-electron chi connectivity index (χ3n) is 2.52. The van der Waals surface area contributed by atoms with Crippen LogP contribution >= 0.6 is 11.3 Å². The SMILES string of the molecule is O=S(=O)(O)CCCS(=O)(=O)O.c1ccc(Cc2cscn2)cc1. The molecule has 0 saturated carbocycles. The lowest BCUT2D eigenvalue weighted by molar-refractivity contribution is 0.477. The first-order chi connectivity index (χ1) is 10.7. The summed E-state index contributed by atoms with van der Waals surface area (Å²) in [5.41, 5.74) is 4.35. The van der Waals surface area contributed by atoms with Gasteiger partial charge in [-0.3, -0.25) is 9.11 Å². The van der Waals surface area contributed by atoms with E-state index in [1.807, 2.05) is 11.6 Å². The largest absolute Gasteiger partial charge is 0.286 e. The second-order valence-electron chi connectivity index (χ2n) is 4.57. The van der Waals surface area contributed by atoms with Crippen molar-refractivity contribution in [3.63, 3.8) is 0 Å². The highest BCUT2D eigenvalue weighted by Crippen LogP contribution is 2.08. The van der Waals surface area contributed by atoms with E-state index in [4.69, 9.17) is 9.11 Å². The van der Waals surface area contributed by atoms with Crippen LogP contribution < -0.4 is 0 Å². The maximum Gasteiger partial charge on any atom is 0.264 e. The Morgan fingerprint density at radius 2 is 1.52 bits per heavy atom. The molecule has 0 saturated heterocycles. The molecule has 7 nitrogen and oxygen atoms in total. The van der Waals surface area contributed by atoms with Crippen LogP contribution in [0.5, 0.6) is 0 Å². The molecule has 0 amide bonds. The number of hydrogen-bond acceptors (Lipinski definition) is 6. The predicted octanol–water partition coefficient (Wildman–Crippen LogP) is 1.89. The summed E-state index contributed by atoms with van der Waals surface area (Å²) < 4.78 is 56.2. The lowest BCUT2D eigenvalue weighted by Gasteiger charge is -1.95. The molecule has 10 heteroatoms. The fraction of sp³-hybridized carbons (Fsp3) is 0.308. The van der Waals surface area contributed by atoms with Gasteiger partial charge in [0.15, 0.2) is 0 Å². The highest BCUT2D eigenvalue weighted by atomic mass is 32.2. The molecule has 1 aromatic heterocycles. The van der Waals surface area contributed by atoms with Gasteiger partial charge in [0.05, 0.1) is 22.7 Å². The molecule has 0 aliphatic rings. The fourth-order valence-electron chi connectivity index (χ4n) is 1.55. The molecule has 2 rings (SSSR count). The molecule has 0 aliphatic heterocycles. The first-order valence-corrected chi connectivity index (χ1v) is 10.6. The first-order valence-electron chi connectivity index (χ1n) is 6.47. The van der Waals surface area contributed by atoms with Gasteiger partial charge in [-0.2, -0.15) is 16.8 Å². The summed E-state index contributed by atoms with van der Waals surface area (Å²) in [5, 5.41) is 2.09. The minimum Gasteiger partial charge on any atom is -0.286 e. The summed E-state index contributed by atoms with van der Waals surface area (Å²) in [6.45, 7) is 0. The number of hydrogen-bond donors (Lipinski definition) is 2. The smallest absolute Gasteiger partial charge is 0.264 e. The zero-order valence-corrected chi connectivity index (χ0v) is 14.5. The Balaban J connectivity index is 0.000000232. The average molecular weight is 379 g/mol. The molecule has 2 aromatic rings. The van der Waals surface area contributed by atoms with Crippen LogP contribution in [0.1, 0.15) is 17.7 Å². The van der Waals surface area contributed by atoms with Crippen molar-refractivity contribution in [2.45, 2.75) is 12.8 Å². The van der Waals surface area contributed by atoms with E-state index in [-0.39, 0.29) is 6.42 Å². The number of benzene rings is 1. The van der Waals surface area contributed by atoms with E-state index in [9.17, 15) is 16.8 Å². The van der Waals surface area contributed by atoms with Crippen LogP contribution in [0.25, 0.3) is 0 Å². The summed E-state index contributed by atoms with van der Waals surface area (Å²) >= 11 is 1.65. The van der Waals surface area contributed by atoms with E-state index in [0.29, 0.717) is 0 Å². The van der Waals surface area contributed by atoms with Crippen LogP contribution in [-0.4, -0.2) is 42.4 Å². The molecular weight excluding hydrogens is 362 g/mol. The van der Waals surface area contributed by atoms with Crippen molar-refractivity contribution < 1.29 is 25.9 Å². The minimum atomic E-state index is -4.12. The van der Waals surface area contributed by atoms with Gasteiger partial charge in [0, 0.05) is 11.8 Å². The monoisotopic (exact) mass is 379 g/mol. The molecule has 0 atom stereocenters. The number of rotatable bonds is 6. The lowest BCUT2D eigenvalue weighted by atomic mass is 10.1. The van der Waals surface area contributed by atoms with Crippen molar-refractivity contribution in [1.29, 1.82) is 0 Å². The van der Waals surface area contributed by atoms with Gasteiger partial charge in [-0.1, -0.05) is 30.3 Å². The molecule has 1 heterocycles. The molecule has 2 N–H and O–H groups in total.